The van der Waals surface area contributed by atoms with Gasteiger partial charge in [0.15, 0.2) is 0 Å². The first kappa shape index (κ1) is 14.6. The second-order valence-corrected chi connectivity index (χ2v) is 6.54. The van der Waals surface area contributed by atoms with Gasteiger partial charge in [0.25, 0.3) is 0 Å². The van der Waals surface area contributed by atoms with Crippen LogP contribution in [-0.4, -0.2) is 30.6 Å². The molecule has 1 rings (SSSR count). The Morgan fingerprint density at radius 2 is 1.82 bits per heavy atom. The van der Waals surface area contributed by atoms with Crippen molar-refractivity contribution in [3.05, 3.63) is 30.1 Å². The van der Waals surface area contributed by atoms with Crippen LogP contribution < -0.4 is 0 Å². The van der Waals surface area contributed by atoms with Gasteiger partial charge in [-0.05, 0) is 38.1 Å². The monoisotopic (exact) mass is 323 g/mol. The SMILES string of the molecule is CC(C)N(CCBr)S(=O)(=O)c1ccc(F)cc1. The highest BCUT2D eigenvalue weighted by atomic mass is 79.9. The molecule has 0 aromatic heterocycles. The fourth-order valence-corrected chi connectivity index (χ4v) is 3.74. The molecule has 0 aliphatic carbocycles. The average molecular weight is 324 g/mol. The second kappa shape index (κ2) is 5.93. The molecule has 0 amide bonds. The topological polar surface area (TPSA) is 37.4 Å². The summed E-state index contributed by atoms with van der Waals surface area (Å²) < 4.78 is 38.7. The van der Waals surface area contributed by atoms with E-state index in [9.17, 15) is 12.8 Å². The van der Waals surface area contributed by atoms with Crippen molar-refractivity contribution in [2.24, 2.45) is 0 Å². The lowest BCUT2D eigenvalue weighted by Gasteiger charge is -2.25. The van der Waals surface area contributed by atoms with E-state index in [0.29, 0.717) is 11.9 Å². The highest BCUT2D eigenvalue weighted by molar-refractivity contribution is 9.09. The Balaban J connectivity index is 3.12. The van der Waals surface area contributed by atoms with Crippen LogP contribution in [0.3, 0.4) is 0 Å². The Bertz CT molecular complexity index is 459. The zero-order valence-electron chi connectivity index (χ0n) is 9.73. The minimum absolute atomic E-state index is 0.119. The van der Waals surface area contributed by atoms with E-state index in [1.807, 2.05) is 13.8 Å². The summed E-state index contributed by atoms with van der Waals surface area (Å²) in [7, 11) is -3.54. The van der Waals surface area contributed by atoms with Gasteiger partial charge in [-0.25, -0.2) is 12.8 Å². The summed E-state index contributed by atoms with van der Waals surface area (Å²) in [6.45, 7) is 4.00. The maximum absolute atomic E-state index is 12.8. The lowest BCUT2D eigenvalue weighted by atomic mass is 10.4. The van der Waals surface area contributed by atoms with Gasteiger partial charge in [-0.3, -0.25) is 0 Å². The van der Waals surface area contributed by atoms with E-state index in [0.717, 1.165) is 12.1 Å². The van der Waals surface area contributed by atoms with Gasteiger partial charge in [0, 0.05) is 17.9 Å². The molecule has 0 bridgehead atoms. The molecule has 0 aliphatic rings. The molecule has 0 saturated carbocycles. The van der Waals surface area contributed by atoms with Crippen molar-refractivity contribution in [3.63, 3.8) is 0 Å². The van der Waals surface area contributed by atoms with Crippen molar-refractivity contribution in [2.45, 2.75) is 24.8 Å². The van der Waals surface area contributed by atoms with E-state index < -0.39 is 15.8 Å². The molecule has 0 fully saturated rings. The first-order valence-corrected chi connectivity index (χ1v) is 7.79. The molecule has 0 heterocycles. The predicted molar refractivity (Wildman–Crippen MR) is 69.2 cm³/mol. The molecule has 1 aromatic carbocycles. The smallest absolute Gasteiger partial charge is 0.207 e. The molecule has 0 radical (unpaired) electrons. The Labute approximate surface area is 110 Å². The summed E-state index contributed by atoms with van der Waals surface area (Å²) in [5, 5.41) is 0.561. The average Bonchev–Trinajstić information content (AvgIpc) is 2.25. The summed E-state index contributed by atoms with van der Waals surface area (Å²) in [5.41, 5.74) is 0. The van der Waals surface area contributed by atoms with E-state index in [1.54, 1.807) is 0 Å². The highest BCUT2D eigenvalue weighted by Gasteiger charge is 2.26. The molecule has 0 atom stereocenters. The fourth-order valence-electron chi connectivity index (χ4n) is 1.48. The molecule has 96 valence electrons. The Morgan fingerprint density at radius 1 is 1.29 bits per heavy atom. The highest BCUT2D eigenvalue weighted by Crippen LogP contribution is 2.18. The first-order valence-electron chi connectivity index (χ1n) is 5.23. The van der Waals surface area contributed by atoms with Crippen LogP contribution in [0.5, 0.6) is 0 Å². The summed E-state index contributed by atoms with van der Waals surface area (Å²) >= 11 is 3.23. The number of hydrogen-bond donors (Lipinski definition) is 0. The number of alkyl halides is 1. The van der Waals surface area contributed by atoms with E-state index in [4.69, 9.17) is 0 Å². The minimum atomic E-state index is -3.54. The lowest BCUT2D eigenvalue weighted by Crippen LogP contribution is -2.38. The molecule has 0 saturated heterocycles. The van der Waals surface area contributed by atoms with Crippen LogP contribution in [0.25, 0.3) is 0 Å². The Kier molecular flexibility index (Phi) is 5.09. The molecule has 3 nitrogen and oxygen atoms in total. The summed E-state index contributed by atoms with van der Waals surface area (Å²) in [4.78, 5) is 0.119. The third kappa shape index (κ3) is 3.50. The van der Waals surface area contributed by atoms with Crippen molar-refractivity contribution in [2.75, 3.05) is 11.9 Å². The lowest BCUT2D eigenvalue weighted by molar-refractivity contribution is 0.372. The molecular weight excluding hydrogens is 309 g/mol. The number of hydrogen-bond acceptors (Lipinski definition) is 2. The zero-order chi connectivity index (χ0) is 13.1. The van der Waals surface area contributed by atoms with Crippen molar-refractivity contribution < 1.29 is 12.8 Å². The first-order chi connectivity index (χ1) is 7.89. The summed E-state index contributed by atoms with van der Waals surface area (Å²) in [5.74, 6) is -0.444. The van der Waals surface area contributed by atoms with Crippen molar-refractivity contribution in [1.29, 1.82) is 0 Å². The van der Waals surface area contributed by atoms with Gasteiger partial charge in [0.2, 0.25) is 10.0 Å². The molecule has 0 unspecified atom stereocenters. The molecule has 1 aromatic rings. The normalized spacial score (nSPS) is 12.4. The van der Waals surface area contributed by atoms with Crippen LogP contribution >= 0.6 is 15.9 Å². The molecule has 17 heavy (non-hydrogen) atoms. The van der Waals surface area contributed by atoms with Crippen molar-refractivity contribution in [1.82, 2.24) is 4.31 Å². The minimum Gasteiger partial charge on any atom is -0.207 e. The summed E-state index contributed by atoms with van der Waals surface area (Å²) in [6.07, 6.45) is 0. The third-order valence-corrected chi connectivity index (χ3v) is 4.75. The molecule has 0 aliphatic heterocycles. The van der Waals surface area contributed by atoms with Gasteiger partial charge in [-0.2, -0.15) is 4.31 Å². The van der Waals surface area contributed by atoms with E-state index in [-0.39, 0.29) is 10.9 Å². The number of rotatable bonds is 5. The van der Waals surface area contributed by atoms with Crippen molar-refractivity contribution in [3.8, 4) is 0 Å². The van der Waals surface area contributed by atoms with Gasteiger partial charge >= 0.3 is 0 Å². The standard InChI is InChI=1S/C11H15BrFNO2S/c1-9(2)14(8-7-12)17(15,16)11-5-3-10(13)4-6-11/h3-6,9H,7-8H2,1-2H3. The van der Waals surface area contributed by atoms with Crippen LogP contribution in [0.4, 0.5) is 4.39 Å². The molecule has 0 N–H and O–H groups in total. The zero-order valence-corrected chi connectivity index (χ0v) is 12.1. The quantitative estimate of drug-likeness (QED) is 0.781. The molecule has 6 heteroatoms. The van der Waals surface area contributed by atoms with Crippen molar-refractivity contribution >= 4 is 26.0 Å². The van der Waals surface area contributed by atoms with Crippen LogP contribution in [0.2, 0.25) is 0 Å². The second-order valence-electron chi connectivity index (χ2n) is 3.85. The third-order valence-electron chi connectivity index (χ3n) is 2.30. The number of benzene rings is 1. The van der Waals surface area contributed by atoms with Crippen LogP contribution in [0.15, 0.2) is 29.2 Å². The van der Waals surface area contributed by atoms with Crippen LogP contribution in [0, 0.1) is 5.82 Å². The van der Waals surface area contributed by atoms with E-state index in [1.165, 1.54) is 16.4 Å². The molecular formula is C11H15BrFNO2S. The van der Waals surface area contributed by atoms with Gasteiger partial charge in [0.05, 0.1) is 4.90 Å². The Morgan fingerprint density at radius 3 is 2.24 bits per heavy atom. The summed E-state index contributed by atoms with van der Waals surface area (Å²) in [6, 6.07) is 4.74. The number of nitrogens with zero attached hydrogens (tertiary/aromatic N) is 1. The van der Waals surface area contributed by atoms with Gasteiger partial charge < -0.3 is 0 Å². The Hall–Kier alpha value is -0.460. The van der Waals surface area contributed by atoms with Crippen LogP contribution in [-0.2, 0) is 10.0 Å². The van der Waals surface area contributed by atoms with Gasteiger partial charge in [-0.1, -0.05) is 15.9 Å². The largest absolute Gasteiger partial charge is 0.243 e. The number of halogens is 2. The number of sulfonamides is 1. The van der Waals surface area contributed by atoms with E-state index in [2.05, 4.69) is 15.9 Å². The fraction of sp³-hybridized carbons (Fsp3) is 0.455. The van der Waals surface area contributed by atoms with Gasteiger partial charge in [0.1, 0.15) is 5.82 Å². The predicted octanol–water partition coefficient (Wildman–Crippen LogP) is 2.62. The van der Waals surface area contributed by atoms with E-state index >= 15 is 0 Å². The molecule has 0 spiro atoms. The van der Waals surface area contributed by atoms with Crippen LogP contribution in [0.1, 0.15) is 13.8 Å². The maximum Gasteiger partial charge on any atom is 0.243 e. The maximum atomic E-state index is 12.8. The van der Waals surface area contributed by atoms with Gasteiger partial charge in [-0.15, -0.1) is 0 Å².